The summed E-state index contributed by atoms with van der Waals surface area (Å²) in [6.45, 7) is 4.67. The molecule has 0 bridgehead atoms. The number of nitrogens with one attached hydrogen (secondary N) is 1. The molecule has 4 rings (SSSR count). The largest absolute Gasteiger partial charge is 0.465 e. The van der Waals surface area contributed by atoms with Crippen LogP contribution in [0.4, 0.5) is 10.5 Å². The molecule has 0 aliphatic carbocycles. The molecule has 3 amide bonds. The van der Waals surface area contributed by atoms with Crippen molar-refractivity contribution in [1.29, 1.82) is 0 Å². The van der Waals surface area contributed by atoms with Crippen molar-refractivity contribution >= 4 is 41.1 Å². The topological polar surface area (TPSA) is 101 Å². The van der Waals surface area contributed by atoms with Gasteiger partial charge in [-0.05, 0) is 48.7 Å². The van der Waals surface area contributed by atoms with Crippen LogP contribution in [0.15, 0.2) is 52.5 Å². The molecule has 2 aliphatic heterocycles. The summed E-state index contributed by atoms with van der Waals surface area (Å²) in [5.74, 6) is 0.281. The predicted octanol–water partition coefficient (Wildman–Crippen LogP) is 3.70. The van der Waals surface area contributed by atoms with Crippen LogP contribution in [-0.2, 0) is 20.7 Å². The quantitative estimate of drug-likeness (QED) is 0.305. The van der Waals surface area contributed by atoms with E-state index < -0.39 is 0 Å². The molecule has 37 heavy (non-hydrogen) atoms. The number of carbonyl (C=O) groups excluding carboxylic acids is 3. The highest BCUT2D eigenvalue weighted by atomic mass is 32.2. The van der Waals surface area contributed by atoms with E-state index in [9.17, 15) is 14.4 Å². The van der Waals surface area contributed by atoms with Crippen LogP contribution in [0.2, 0.25) is 0 Å². The van der Waals surface area contributed by atoms with Gasteiger partial charge in [0.25, 0.3) is 5.91 Å². The van der Waals surface area contributed by atoms with Crippen molar-refractivity contribution in [3.63, 3.8) is 0 Å². The van der Waals surface area contributed by atoms with Crippen molar-refractivity contribution in [2.24, 2.45) is 5.10 Å². The van der Waals surface area contributed by atoms with E-state index in [4.69, 9.17) is 9.47 Å². The molecule has 0 atom stereocenters. The number of morpholine rings is 1. The SMILES string of the molecule is CCCCN1C(=O)C(=NNC(=O)N2CCOCC2)c2cc(SCCc3ccc(C(=O)OC)cc3)ccc21. The number of fused-ring (bicyclic) bond motifs is 1. The van der Waals surface area contributed by atoms with Crippen LogP contribution in [0.5, 0.6) is 0 Å². The number of rotatable bonds is 9. The van der Waals surface area contributed by atoms with Gasteiger partial charge in [0.15, 0.2) is 5.71 Å². The van der Waals surface area contributed by atoms with Crippen LogP contribution in [0.1, 0.15) is 41.3 Å². The highest BCUT2D eigenvalue weighted by Gasteiger charge is 2.34. The van der Waals surface area contributed by atoms with Crippen LogP contribution in [0, 0.1) is 0 Å². The summed E-state index contributed by atoms with van der Waals surface area (Å²) >= 11 is 1.68. The molecule has 0 spiro atoms. The van der Waals surface area contributed by atoms with Gasteiger partial charge in [-0.2, -0.15) is 5.10 Å². The van der Waals surface area contributed by atoms with E-state index in [0.29, 0.717) is 38.4 Å². The number of hydrogen-bond acceptors (Lipinski definition) is 7. The molecule has 196 valence electrons. The van der Waals surface area contributed by atoms with E-state index in [1.165, 1.54) is 7.11 Å². The lowest BCUT2D eigenvalue weighted by Crippen LogP contribution is -2.45. The first kappa shape index (κ1) is 26.7. The Kier molecular flexibility index (Phi) is 9.19. The summed E-state index contributed by atoms with van der Waals surface area (Å²) < 4.78 is 10.0. The number of aryl methyl sites for hydroxylation is 1. The molecule has 2 aliphatic rings. The number of anilines is 1. The first-order valence-electron chi connectivity index (χ1n) is 12.5. The first-order chi connectivity index (χ1) is 18.0. The van der Waals surface area contributed by atoms with Gasteiger partial charge in [-0.3, -0.25) is 4.79 Å². The Morgan fingerprint density at radius 3 is 2.59 bits per heavy atom. The zero-order valence-electron chi connectivity index (χ0n) is 21.2. The molecule has 2 aromatic carbocycles. The summed E-state index contributed by atoms with van der Waals surface area (Å²) in [5, 5.41) is 4.27. The third kappa shape index (κ3) is 6.50. The van der Waals surface area contributed by atoms with Gasteiger partial charge in [0, 0.05) is 35.8 Å². The lowest BCUT2D eigenvalue weighted by Gasteiger charge is -2.25. The fourth-order valence-corrected chi connectivity index (χ4v) is 5.12. The highest BCUT2D eigenvalue weighted by molar-refractivity contribution is 7.99. The van der Waals surface area contributed by atoms with Crippen LogP contribution < -0.4 is 10.3 Å². The monoisotopic (exact) mass is 524 g/mol. The normalized spacial score (nSPS) is 16.2. The van der Waals surface area contributed by atoms with Crippen LogP contribution >= 0.6 is 11.8 Å². The number of nitrogens with zero attached hydrogens (tertiary/aromatic N) is 3. The lowest BCUT2D eigenvalue weighted by atomic mass is 10.1. The lowest BCUT2D eigenvalue weighted by molar-refractivity contribution is -0.112. The Balaban J connectivity index is 1.45. The van der Waals surface area contributed by atoms with E-state index in [1.807, 2.05) is 30.3 Å². The Bertz CT molecular complexity index is 1160. The van der Waals surface area contributed by atoms with E-state index in [-0.39, 0.29) is 23.6 Å². The molecule has 0 aromatic heterocycles. The van der Waals surface area contributed by atoms with Gasteiger partial charge >= 0.3 is 12.0 Å². The van der Waals surface area contributed by atoms with E-state index in [2.05, 4.69) is 17.5 Å². The minimum Gasteiger partial charge on any atom is -0.465 e. The maximum Gasteiger partial charge on any atom is 0.337 e. The number of unbranched alkanes of at least 4 members (excludes halogenated alkanes) is 1. The number of carbonyl (C=O) groups is 3. The smallest absolute Gasteiger partial charge is 0.337 e. The number of esters is 1. The van der Waals surface area contributed by atoms with Crippen molar-refractivity contribution < 1.29 is 23.9 Å². The molecule has 2 aromatic rings. The Morgan fingerprint density at radius 1 is 1.14 bits per heavy atom. The second kappa shape index (κ2) is 12.7. The van der Waals surface area contributed by atoms with Gasteiger partial charge in [-0.1, -0.05) is 25.5 Å². The third-order valence-corrected chi connectivity index (χ3v) is 7.29. The number of benzene rings is 2. The minimum absolute atomic E-state index is 0.196. The molecule has 0 radical (unpaired) electrons. The van der Waals surface area contributed by atoms with Gasteiger partial charge < -0.3 is 19.3 Å². The summed E-state index contributed by atoms with van der Waals surface area (Å²) in [6, 6.07) is 13.0. The minimum atomic E-state index is -0.347. The Hall–Kier alpha value is -3.37. The molecule has 9 nitrogen and oxygen atoms in total. The fraction of sp³-hybridized carbons (Fsp3) is 0.407. The zero-order chi connectivity index (χ0) is 26.2. The maximum absolute atomic E-state index is 13.2. The molecule has 0 unspecified atom stereocenters. The molecule has 1 N–H and O–H groups in total. The molecular formula is C27H32N4O5S. The van der Waals surface area contributed by atoms with Crippen molar-refractivity contribution in [2.45, 2.75) is 31.1 Å². The standard InChI is InChI=1S/C27H32N4O5S/c1-3-4-12-31-23-10-9-21(37-17-11-19-5-7-20(8-6-19)26(33)35-2)18-22(23)24(25(31)32)28-29-27(34)30-13-15-36-16-14-30/h5-10,18H,3-4,11-17H2,1-2H3,(H,29,34). The van der Waals surface area contributed by atoms with Gasteiger partial charge in [-0.25, -0.2) is 15.0 Å². The maximum atomic E-state index is 13.2. The van der Waals surface area contributed by atoms with Gasteiger partial charge in [0.1, 0.15) is 0 Å². The van der Waals surface area contributed by atoms with Crippen LogP contribution in [0.3, 0.4) is 0 Å². The molecule has 10 heteroatoms. The van der Waals surface area contributed by atoms with Crippen LogP contribution in [-0.4, -0.2) is 74.2 Å². The molecule has 1 fully saturated rings. The number of methoxy groups -OCH3 is 1. The average Bonchev–Trinajstić information content (AvgIpc) is 3.20. The predicted molar refractivity (Wildman–Crippen MR) is 143 cm³/mol. The van der Waals surface area contributed by atoms with Crippen LogP contribution in [0.25, 0.3) is 0 Å². The van der Waals surface area contributed by atoms with Crippen molar-refractivity contribution in [2.75, 3.05) is 50.6 Å². The Morgan fingerprint density at radius 2 is 1.89 bits per heavy atom. The summed E-state index contributed by atoms with van der Waals surface area (Å²) in [4.78, 5) is 41.8. The summed E-state index contributed by atoms with van der Waals surface area (Å²) in [5.41, 5.74) is 6.04. The van der Waals surface area contributed by atoms with Crippen molar-refractivity contribution in [3.05, 3.63) is 59.2 Å². The third-order valence-electron chi connectivity index (χ3n) is 6.29. The number of hydrazone groups is 1. The first-order valence-corrected chi connectivity index (χ1v) is 13.5. The van der Waals surface area contributed by atoms with Gasteiger partial charge in [0.2, 0.25) is 0 Å². The zero-order valence-corrected chi connectivity index (χ0v) is 22.0. The highest BCUT2D eigenvalue weighted by Crippen LogP contribution is 2.33. The number of ether oxygens (including phenoxy) is 2. The van der Waals surface area contributed by atoms with Crippen molar-refractivity contribution in [1.82, 2.24) is 10.3 Å². The summed E-state index contributed by atoms with van der Waals surface area (Å²) in [7, 11) is 1.37. The van der Waals surface area contributed by atoms with E-state index in [1.54, 1.807) is 33.7 Å². The molecule has 0 saturated carbocycles. The second-order valence-electron chi connectivity index (χ2n) is 8.75. The fourth-order valence-electron chi connectivity index (χ4n) is 4.18. The van der Waals surface area contributed by atoms with Gasteiger partial charge in [0.05, 0.1) is 31.6 Å². The number of urea groups is 1. The number of amides is 3. The van der Waals surface area contributed by atoms with Crippen molar-refractivity contribution in [3.8, 4) is 0 Å². The average molecular weight is 525 g/mol. The molecule has 1 saturated heterocycles. The van der Waals surface area contributed by atoms with Gasteiger partial charge in [-0.15, -0.1) is 11.8 Å². The molecular weight excluding hydrogens is 492 g/mol. The van der Waals surface area contributed by atoms with E-state index >= 15 is 0 Å². The summed E-state index contributed by atoms with van der Waals surface area (Å²) in [6.07, 6.45) is 2.67. The second-order valence-corrected chi connectivity index (χ2v) is 9.92. The number of thioether (sulfide) groups is 1. The van der Waals surface area contributed by atoms with E-state index in [0.717, 1.165) is 46.7 Å². The number of hydrogen-bond donors (Lipinski definition) is 1. The Labute approximate surface area is 221 Å². The molecule has 2 heterocycles.